The summed E-state index contributed by atoms with van der Waals surface area (Å²) in [5.41, 5.74) is 0.000733. The summed E-state index contributed by atoms with van der Waals surface area (Å²) in [4.78, 5) is 0. The lowest BCUT2D eigenvalue weighted by atomic mass is 9.72. The third-order valence-electron chi connectivity index (χ3n) is 3.71. The van der Waals surface area contributed by atoms with Crippen LogP contribution in [0.5, 0.6) is 0 Å². The second kappa shape index (κ2) is 4.62. The summed E-state index contributed by atoms with van der Waals surface area (Å²) in [6, 6.07) is 0. The predicted octanol–water partition coefficient (Wildman–Crippen LogP) is 3.20. The average Bonchev–Trinajstić information content (AvgIpc) is 2.57. The minimum Gasteiger partial charge on any atom is -0.383 e. The van der Waals surface area contributed by atoms with Gasteiger partial charge in [-0.05, 0) is 38.0 Å². The number of hydrogen-bond donors (Lipinski definition) is 1. The van der Waals surface area contributed by atoms with Crippen LogP contribution < -0.4 is 0 Å². The van der Waals surface area contributed by atoms with Crippen LogP contribution in [-0.4, -0.2) is 14.9 Å². The molecule has 0 saturated heterocycles. The van der Waals surface area contributed by atoms with Crippen LogP contribution in [0.2, 0.25) is 5.02 Å². The fourth-order valence-electron chi connectivity index (χ4n) is 3.35. The average molecular weight is 257 g/mol. The van der Waals surface area contributed by atoms with Crippen LogP contribution in [0.15, 0.2) is 6.20 Å². The third-order valence-corrected chi connectivity index (χ3v) is 3.99. The van der Waals surface area contributed by atoms with Crippen molar-refractivity contribution in [3.8, 4) is 0 Å². The Morgan fingerprint density at radius 1 is 1.47 bits per heavy atom. The summed E-state index contributed by atoms with van der Waals surface area (Å²) in [5, 5.41) is 15.7. The monoisotopic (exact) mass is 256 g/mol. The van der Waals surface area contributed by atoms with E-state index in [1.807, 2.05) is 11.6 Å². The van der Waals surface area contributed by atoms with Crippen LogP contribution in [0.3, 0.4) is 0 Å². The molecule has 2 atom stereocenters. The summed E-state index contributed by atoms with van der Waals surface area (Å²) in [6.07, 6.45) is 4.38. The molecule has 1 saturated carbocycles. The van der Waals surface area contributed by atoms with E-state index in [0.717, 1.165) is 25.1 Å². The highest BCUT2D eigenvalue weighted by atomic mass is 35.5. The summed E-state index contributed by atoms with van der Waals surface area (Å²) in [6.45, 7) is 7.15. The molecule has 17 heavy (non-hydrogen) atoms. The van der Waals surface area contributed by atoms with Crippen LogP contribution in [0, 0.1) is 11.8 Å². The first kappa shape index (κ1) is 12.9. The van der Waals surface area contributed by atoms with Gasteiger partial charge in [0.05, 0.1) is 16.9 Å². The second-order valence-corrected chi connectivity index (χ2v) is 5.95. The first-order valence-corrected chi connectivity index (χ1v) is 6.78. The molecule has 1 heterocycles. The van der Waals surface area contributed by atoms with Crippen LogP contribution in [0.1, 0.15) is 45.7 Å². The van der Waals surface area contributed by atoms with Gasteiger partial charge in [-0.1, -0.05) is 25.4 Å². The van der Waals surface area contributed by atoms with Gasteiger partial charge in [0.15, 0.2) is 0 Å². The highest BCUT2D eigenvalue weighted by Crippen LogP contribution is 2.44. The minimum atomic E-state index is -0.805. The Labute approximate surface area is 108 Å². The molecule has 0 aliphatic heterocycles. The van der Waals surface area contributed by atoms with Gasteiger partial charge in [-0.2, -0.15) is 5.10 Å². The molecule has 1 aromatic rings. The lowest BCUT2D eigenvalue weighted by molar-refractivity contribution is -0.0429. The van der Waals surface area contributed by atoms with Crippen LogP contribution in [0.4, 0.5) is 0 Å². The van der Waals surface area contributed by atoms with Crippen molar-refractivity contribution in [2.75, 3.05) is 0 Å². The van der Waals surface area contributed by atoms with Crippen molar-refractivity contribution in [3.63, 3.8) is 0 Å². The maximum atomic E-state index is 10.9. The van der Waals surface area contributed by atoms with Crippen LogP contribution >= 0.6 is 11.6 Å². The van der Waals surface area contributed by atoms with E-state index in [4.69, 9.17) is 11.6 Å². The molecule has 0 bridgehead atoms. The number of halogens is 1. The highest BCUT2D eigenvalue weighted by Gasteiger charge is 2.41. The zero-order chi connectivity index (χ0) is 12.6. The molecular weight excluding hydrogens is 236 g/mol. The molecule has 2 rings (SSSR count). The molecule has 1 aromatic heterocycles. The molecule has 0 aromatic carbocycles. The summed E-state index contributed by atoms with van der Waals surface area (Å²) in [7, 11) is 0. The Kier molecular flexibility index (Phi) is 3.50. The molecule has 0 amide bonds. The molecule has 0 spiro atoms. The van der Waals surface area contributed by atoms with Crippen molar-refractivity contribution in [1.29, 1.82) is 0 Å². The number of hydrogen-bond acceptors (Lipinski definition) is 2. The fraction of sp³-hybridized carbons (Fsp3) is 0.769. The van der Waals surface area contributed by atoms with Gasteiger partial charge < -0.3 is 5.11 Å². The quantitative estimate of drug-likeness (QED) is 0.883. The number of rotatable bonds is 2. The minimum absolute atomic E-state index is 0.528. The van der Waals surface area contributed by atoms with Crippen molar-refractivity contribution in [1.82, 2.24) is 9.78 Å². The maximum absolute atomic E-state index is 10.9. The Balaban J connectivity index is 2.39. The lowest BCUT2D eigenvalue weighted by Crippen LogP contribution is -2.37. The zero-order valence-electron chi connectivity index (χ0n) is 10.8. The van der Waals surface area contributed by atoms with E-state index < -0.39 is 5.60 Å². The number of aryl methyl sites for hydroxylation is 1. The second-order valence-electron chi connectivity index (χ2n) is 5.54. The van der Waals surface area contributed by atoms with Crippen molar-refractivity contribution in [2.24, 2.45) is 11.8 Å². The van der Waals surface area contributed by atoms with Crippen molar-refractivity contribution >= 4 is 11.6 Å². The van der Waals surface area contributed by atoms with Gasteiger partial charge >= 0.3 is 0 Å². The number of aromatic nitrogens is 2. The molecule has 2 unspecified atom stereocenters. The zero-order valence-corrected chi connectivity index (χ0v) is 11.5. The van der Waals surface area contributed by atoms with E-state index >= 15 is 0 Å². The molecule has 1 N–H and O–H groups in total. The normalized spacial score (nSPS) is 33.9. The van der Waals surface area contributed by atoms with Crippen molar-refractivity contribution in [2.45, 2.75) is 52.2 Å². The van der Waals surface area contributed by atoms with Gasteiger partial charge in [0.25, 0.3) is 0 Å². The molecule has 1 aliphatic carbocycles. The van der Waals surface area contributed by atoms with Gasteiger partial charge in [-0.3, -0.25) is 4.68 Å². The third kappa shape index (κ3) is 2.36. The van der Waals surface area contributed by atoms with Crippen LogP contribution in [0.25, 0.3) is 0 Å². The molecule has 1 fully saturated rings. The first-order chi connectivity index (χ1) is 7.96. The SMILES string of the molecule is CCn1ncc(Cl)c1C1(O)CC(C)CC(C)C1. The fourth-order valence-corrected chi connectivity index (χ4v) is 3.67. The van der Waals surface area contributed by atoms with Crippen LogP contribution in [-0.2, 0) is 12.1 Å². The van der Waals surface area contributed by atoms with E-state index in [9.17, 15) is 5.11 Å². The lowest BCUT2D eigenvalue weighted by Gasteiger charge is -2.39. The van der Waals surface area contributed by atoms with E-state index in [-0.39, 0.29) is 0 Å². The molecule has 1 aliphatic rings. The summed E-state index contributed by atoms with van der Waals surface area (Å²) < 4.78 is 1.83. The smallest absolute Gasteiger partial charge is 0.108 e. The van der Waals surface area contributed by atoms with Crippen molar-refractivity contribution < 1.29 is 5.11 Å². The Morgan fingerprint density at radius 3 is 2.59 bits per heavy atom. The Bertz CT molecular complexity index is 392. The largest absolute Gasteiger partial charge is 0.383 e. The number of nitrogens with zero attached hydrogens (tertiary/aromatic N) is 2. The highest BCUT2D eigenvalue weighted by molar-refractivity contribution is 6.31. The van der Waals surface area contributed by atoms with E-state index in [2.05, 4.69) is 18.9 Å². The van der Waals surface area contributed by atoms with E-state index in [1.165, 1.54) is 6.42 Å². The summed E-state index contributed by atoms with van der Waals surface area (Å²) in [5.74, 6) is 1.06. The van der Waals surface area contributed by atoms with Gasteiger partial charge in [-0.25, -0.2) is 0 Å². The topological polar surface area (TPSA) is 38.0 Å². The predicted molar refractivity (Wildman–Crippen MR) is 69.0 cm³/mol. The van der Waals surface area contributed by atoms with Gasteiger partial charge in [0.2, 0.25) is 0 Å². The van der Waals surface area contributed by atoms with Gasteiger partial charge in [-0.15, -0.1) is 0 Å². The maximum Gasteiger partial charge on any atom is 0.108 e. The van der Waals surface area contributed by atoms with E-state index in [0.29, 0.717) is 16.9 Å². The summed E-state index contributed by atoms with van der Waals surface area (Å²) >= 11 is 6.20. The molecular formula is C13H21ClN2O. The van der Waals surface area contributed by atoms with Crippen molar-refractivity contribution in [3.05, 3.63) is 16.9 Å². The molecule has 0 radical (unpaired) electrons. The Morgan fingerprint density at radius 2 is 2.06 bits per heavy atom. The van der Waals surface area contributed by atoms with E-state index in [1.54, 1.807) is 6.20 Å². The molecule has 3 nitrogen and oxygen atoms in total. The molecule has 96 valence electrons. The standard InChI is InChI=1S/C13H21ClN2O/c1-4-16-12(11(14)8-15-16)13(17)6-9(2)5-10(3)7-13/h8-10,17H,4-7H2,1-3H3. The van der Waals surface area contributed by atoms with Gasteiger partial charge in [0, 0.05) is 6.54 Å². The number of aliphatic hydroxyl groups is 1. The molecule has 4 heteroatoms. The Hall–Kier alpha value is -0.540. The first-order valence-electron chi connectivity index (χ1n) is 6.40. The van der Waals surface area contributed by atoms with Gasteiger partial charge in [0.1, 0.15) is 5.60 Å².